The number of rotatable bonds is 4. The van der Waals surface area contributed by atoms with Crippen molar-refractivity contribution >= 4 is 11.5 Å². The zero-order valence-electron chi connectivity index (χ0n) is 12.4. The number of hydrogen-bond acceptors (Lipinski definition) is 5. The lowest BCUT2D eigenvalue weighted by Gasteiger charge is -2.21. The van der Waals surface area contributed by atoms with Crippen molar-refractivity contribution in [1.29, 1.82) is 0 Å². The lowest BCUT2D eigenvalue weighted by Crippen LogP contribution is -2.20. The molecule has 0 saturated heterocycles. The van der Waals surface area contributed by atoms with Crippen molar-refractivity contribution in [3.05, 3.63) is 40.4 Å². The molecule has 0 radical (unpaired) electrons. The minimum absolute atomic E-state index is 0.0689. The van der Waals surface area contributed by atoms with Gasteiger partial charge >= 0.3 is 0 Å². The molecule has 1 heterocycles. The van der Waals surface area contributed by atoms with Crippen molar-refractivity contribution in [3.63, 3.8) is 0 Å². The Bertz CT molecular complexity index is 574. The maximum Gasteiger partial charge on any atom is 0.124 e. The first-order valence-electron chi connectivity index (χ1n) is 6.75. The first-order valence-corrected chi connectivity index (χ1v) is 7.52. The molecule has 0 aliphatic heterocycles. The SMILES string of the molecule is CCOc1ccccc1C(N)c1snnc1C(C)(C)C. The van der Waals surface area contributed by atoms with E-state index in [0.29, 0.717) is 6.61 Å². The standard InChI is InChI=1S/C15H21N3OS/c1-5-19-11-9-7-6-8-10(11)12(16)13-14(15(2,3)4)17-18-20-13/h6-9,12H,5,16H2,1-4H3. The van der Waals surface area contributed by atoms with E-state index in [1.165, 1.54) is 11.5 Å². The number of benzene rings is 1. The highest BCUT2D eigenvalue weighted by Crippen LogP contribution is 2.35. The van der Waals surface area contributed by atoms with Crippen LogP contribution in [0.3, 0.4) is 0 Å². The molecule has 1 atom stereocenters. The van der Waals surface area contributed by atoms with Crippen molar-refractivity contribution in [2.75, 3.05) is 6.61 Å². The van der Waals surface area contributed by atoms with E-state index >= 15 is 0 Å². The summed E-state index contributed by atoms with van der Waals surface area (Å²) in [4.78, 5) is 1.00. The van der Waals surface area contributed by atoms with Gasteiger partial charge in [-0.1, -0.05) is 43.5 Å². The van der Waals surface area contributed by atoms with E-state index in [4.69, 9.17) is 10.5 Å². The Morgan fingerprint density at radius 3 is 2.65 bits per heavy atom. The second-order valence-corrected chi connectivity index (χ2v) is 6.47. The van der Waals surface area contributed by atoms with E-state index in [2.05, 4.69) is 30.4 Å². The molecule has 2 rings (SSSR count). The molecule has 2 N–H and O–H groups in total. The van der Waals surface area contributed by atoms with Crippen LogP contribution in [0.15, 0.2) is 24.3 Å². The molecule has 20 heavy (non-hydrogen) atoms. The van der Waals surface area contributed by atoms with E-state index in [-0.39, 0.29) is 11.5 Å². The molecule has 5 heteroatoms. The Kier molecular flexibility index (Phi) is 4.40. The monoisotopic (exact) mass is 291 g/mol. The molecule has 0 saturated carbocycles. The molecule has 108 valence electrons. The van der Waals surface area contributed by atoms with Gasteiger partial charge in [-0.15, -0.1) is 5.10 Å². The van der Waals surface area contributed by atoms with E-state index in [1.54, 1.807) is 0 Å². The normalized spacial score (nSPS) is 13.2. The van der Waals surface area contributed by atoms with Gasteiger partial charge in [0.2, 0.25) is 0 Å². The number of hydrogen-bond donors (Lipinski definition) is 1. The minimum atomic E-state index is -0.257. The van der Waals surface area contributed by atoms with Crippen LogP contribution in [0.2, 0.25) is 0 Å². The zero-order chi connectivity index (χ0) is 14.8. The second-order valence-electron chi connectivity index (χ2n) is 5.68. The van der Waals surface area contributed by atoms with Crippen LogP contribution in [0.25, 0.3) is 0 Å². The van der Waals surface area contributed by atoms with Crippen LogP contribution >= 0.6 is 11.5 Å². The molecular formula is C15H21N3OS. The summed E-state index contributed by atoms with van der Waals surface area (Å²) in [6, 6.07) is 7.62. The molecule has 0 spiro atoms. The highest BCUT2D eigenvalue weighted by molar-refractivity contribution is 7.05. The van der Waals surface area contributed by atoms with Crippen molar-refractivity contribution in [2.45, 2.75) is 39.2 Å². The summed E-state index contributed by atoms with van der Waals surface area (Å²) in [5, 5.41) is 4.26. The Labute approximate surface area is 124 Å². The number of para-hydroxylation sites is 1. The van der Waals surface area contributed by atoms with Gasteiger partial charge in [0.1, 0.15) is 5.75 Å². The van der Waals surface area contributed by atoms with Gasteiger partial charge in [-0.05, 0) is 24.5 Å². The Morgan fingerprint density at radius 2 is 2.00 bits per heavy atom. The van der Waals surface area contributed by atoms with Crippen molar-refractivity contribution in [2.24, 2.45) is 5.73 Å². The third-order valence-electron chi connectivity index (χ3n) is 3.06. The van der Waals surface area contributed by atoms with Crippen LogP contribution in [0, 0.1) is 0 Å². The van der Waals surface area contributed by atoms with Crippen LogP contribution < -0.4 is 10.5 Å². The Morgan fingerprint density at radius 1 is 1.30 bits per heavy atom. The highest BCUT2D eigenvalue weighted by atomic mass is 32.1. The van der Waals surface area contributed by atoms with Crippen molar-refractivity contribution in [3.8, 4) is 5.75 Å². The quantitative estimate of drug-likeness (QED) is 0.939. The van der Waals surface area contributed by atoms with Gasteiger partial charge in [-0.2, -0.15) is 0 Å². The molecule has 0 fully saturated rings. The molecule has 1 aromatic heterocycles. The average Bonchev–Trinajstić information content (AvgIpc) is 2.88. The summed E-state index contributed by atoms with van der Waals surface area (Å²) >= 11 is 1.36. The number of nitrogens with zero attached hydrogens (tertiary/aromatic N) is 2. The fourth-order valence-corrected chi connectivity index (χ4v) is 2.97. The van der Waals surface area contributed by atoms with Gasteiger partial charge in [0.15, 0.2) is 0 Å². The van der Waals surface area contributed by atoms with Crippen LogP contribution in [0.1, 0.15) is 49.9 Å². The number of ether oxygens (including phenoxy) is 1. The fourth-order valence-electron chi connectivity index (χ4n) is 2.09. The van der Waals surface area contributed by atoms with Gasteiger partial charge in [0, 0.05) is 11.0 Å². The maximum atomic E-state index is 6.44. The smallest absolute Gasteiger partial charge is 0.124 e. The van der Waals surface area contributed by atoms with Crippen LogP contribution in [-0.4, -0.2) is 16.2 Å². The van der Waals surface area contributed by atoms with Gasteiger partial charge in [-0.3, -0.25) is 0 Å². The van der Waals surface area contributed by atoms with Crippen LogP contribution in [-0.2, 0) is 5.41 Å². The molecule has 1 aromatic carbocycles. The predicted molar refractivity (Wildman–Crippen MR) is 82.3 cm³/mol. The summed E-state index contributed by atoms with van der Waals surface area (Å²) in [6.07, 6.45) is 0. The topological polar surface area (TPSA) is 61.0 Å². The van der Waals surface area contributed by atoms with Gasteiger partial charge in [-0.25, -0.2) is 0 Å². The molecule has 4 nitrogen and oxygen atoms in total. The van der Waals surface area contributed by atoms with E-state index < -0.39 is 0 Å². The highest BCUT2D eigenvalue weighted by Gasteiger charge is 2.27. The predicted octanol–water partition coefficient (Wildman–Crippen LogP) is 3.28. The first-order chi connectivity index (χ1) is 9.45. The van der Waals surface area contributed by atoms with Gasteiger partial charge in [0.25, 0.3) is 0 Å². The minimum Gasteiger partial charge on any atom is -0.494 e. The van der Waals surface area contributed by atoms with Crippen LogP contribution in [0.4, 0.5) is 0 Å². The molecule has 0 aliphatic carbocycles. The van der Waals surface area contributed by atoms with E-state index in [1.807, 2.05) is 31.2 Å². The van der Waals surface area contributed by atoms with Gasteiger partial charge < -0.3 is 10.5 Å². The first kappa shape index (κ1) is 14.9. The molecular weight excluding hydrogens is 270 g/mol. The fraction of sp³-hybridized carbons (Fsp3) is 0.467. The van der Waals surface area contributed by atoms with Gasteiger partial charge in [0.05, 0.1) is 23.2 Å². The number of nitrogens with two attached hydrogens (primary N) is 1. The van der Waals surface area contributed by atoms with Crippen molar-refractivity contribution < 1.29 is 4.74 Å². The Hall–Kier alpha value is -1.46. The molecule has 0 bridgehead atoms. The van der Waals surface area contributed by atoms with E-state index in [0.717, 1.165) is 21.9 Å². The molecule has 1 unspecified atom stereocenters. The largest absolute Gasteiger partial charge is 0.494 e. The summed E-state index contributed by atoms with van der Waals surface area (Å²) in [7, 11) is 0. The summed E-state index contributed by atoms with van der Waals surface area (Å²) in [5.41, 5.74) is 8.31. The second kappa shape index (κ2) is 5.89. The lowest BCUT2D eigenvalue weighted by atomic mass is 9.89. The molecule has 0 aliphatic rings. The van der Waals surface area contributed by atoms with Crippen molar-refractivity contribution in [1.82, 2.24) is 9.59 Å². The summed E-state index contributed by atoms with van der Waals surface area (Å²) in [5.74, 6) is 0.829. The van der Waals surface area contributed by atoms with E-state index in [9.17, 15) is 0 Å². The Balaban J connectivity index is 2.42. The zero-order valence-corrected chi connectivity index (χ0v) is 13.2. The number of aromatic nitrogens is 2. The van der Waals surface area contributed by atoms with Crippen LogP contribution in [0.5, 0.6) is 5.75 Å². The third kappa shape index (κ3) is 2.99. The summed E-state index contributed by atoms with van der Waals surface area (Å²) in [6.45, 7) is 8.95. The lowest BCUT2D eigenvalue weighted by molar-refractivity contribution is 0.335. The third-order valence-corrected chi connectivity index (χ3v) is 3.87. The average molecular weight is 291 g/mol. The molecule has 0 amide bonds. The summed E-state index contributed by atoms with van der Waals surface area (Å²) < 4.78 is 9.75. The molecule has 2 aromatic rings. The maximum absolute atomic E-state index is 6.44.